The number of aromatic nitrogens is 2. The van der Waals surface area contributed by atoms with E-state index in [-0.39, 0.29) is 5.56 Å². The van der Waals surface area contributed by atoms with Gasteiger partial charge in [0.05, 0.1) is 10.9 Å². The molecule has 0 atom stereocenters. The third-order valence-electron chi connectivity index (χ3n) is 4.70. The van der Waals surface area contributed by atoms with E-state index in [9.17, 15) is 4.79 Å². The van der Waals surface area contributed by atoms with Crippen LogP contribution in [-0.2, 0) is 11.3 Å². The second-order valence-corrected chi connectivity index (χ2v) is 6.71. The molecule has 2 heterocycles. The number of nitrogens with zero attached hydrogens (tertiary/aromatic N) is 3. The second kappa shape index (κ2) is 8.28. The van der Waals surface area contributed by atoms with E-state index in [1.807, 2.05) is 55.5 Å². The van der Waals surface area contributed by atoms with E-state index in [4.69, 9.17) is 9.15 Å². The summed E-state index contributed by atoms with van der Waals surface area (Å²) >= 11 is 0. The Morgan fingerprint density at radius 3 is 2.83 bits per heavy atom. The summed E-state index contributed by atoms with van der Waals surface area (Å²) in [7, 11) is 1.64. The number of para-hydroxylation sites is 2. The number of furan rings is 1. The van der Waals surface area contributed by atoms with Gasteiger partial charge in [-0.05, 0) is 37.6 Å². The lowest BCUT2D eigenvalue weighted by molar-refractivity contribution is 0.190. The van der Waals surface area contributed by atoms with Gasteiger partial charge in [-0.3, -0.25) is 9.36 Å². The number of fused-ring (bicyclic) bond motifs is 2. The van der Waals surface area contributed by atoms with Crippen LogP contribution in [0.1, 0.15) is 19.1 Å². The standard InChI is InChI=1S/C22H22N4O3/c1-15(20-14-16-8-3-6-11-19(16)29-20)24-25-22-23-18-10-5-4-9-17(18)21(27)26(22)12-7-13-28-2/h3-6,8-11,14H,7,12-13H2,1-2H3,(H,23,25)/b24-15-. The zero-order chi connectivity index (χ0) is 20.2. The number of anilines is 1. The lowest BCUT2D eigenvalue weighted by atomic mass is 10.2. The third-order valence-corrected chi connectivity index (χ3v) is 4.70. The molecule has 4 aromatic rings. The molecule has 0 radical (unpaired) electrons. The van der Waals surface area contributed by atoms with Gasteiger partial charge in [-0.15, -0.1) is 0 Å². The Bertz CT molecular complexity index is 1210. The number of rotatable bonds is 7. The van der Waals surface area contributed by atoms with Gasteiger partial charge in [-0.1, -0.05) is 30.3 Å². The zero-order valence-corrected chi connectivity index (χ0v) is 16.4. The molecule has 4 rings (SSSR count). The van der Waals surface area contributed by atoms with E-state index in [1.165, 1.54) is 0 Å². The average molecular weight is 390 g/mol. The summed E-state index contributed by atoms with van der Waals surface area (Å²) in [5.41, 5.74) is 4.94. The fourth-order valence-corrected chi connectivity index (χ4v) is 3.18. The molecule has 2 aromatic carbocycles. The van der Waals surface area contributed by atoms with Crippen LogP contribution in [0.2, 0.25) is 0 Å². The molecule has 0 fully saturated rings. The van der Waals surface area contributed by atoms with Gasteiger partial charge in [0.25, 0.3) is 5.56 Å². The molecule has 148 valence electrons. The number of ether oxygens (including phenoxy) is 1. The van der Waals surface area contributed by atoms with Crippen LogP contribution in [-0.4, -0.2) is 29.0 Å². The summed E-state index contributed by atoms with van der Waals surface area (Å²) in [5.74, 6) is 1.05. The Kier molecular flexibility index (Phi) is 5.39. The Balaban J connectivity index is 1.69. The first-order valence-corrected chi connectivity index (χ1v) is 9.45. The molecule has 1 N–H and O–H groups in total. The van der Waals surface area contributed by atoms with E-state index in [2.05, 4.69) is 15.5 Å². The number of benzene rings is 2. The number of methoxy groups -OCH3 is 1. The minimum absolute atomic E-state index is 0.106. The zero-order valence-electron chi connectivity index (χ0n) is 16.4. The number of hydrazone groups is 1. The highest BCUT2D eigenvalue weighted by atomic mass is 16.5. The van der Waals surface area contributed by atoms with Crippen molar-refractivity contribution in [1.82, 2.24) is 9.55 Å². The van der Waals surface area contributed by atoms with Gasteiger partial charge in [0.1, 0.15) is 11.3 Å². The molecule has 0 amide bonds. The monoisotopic (exact) mass is 390 g/mol. The van der Waals surface area contributed by atoms with Crippen molar-refractivity contribution in [2.24, 2.45) is 5.10 Å². The maximum Gasteiger partial charge on any atom is 0.262 e. The van der Waals surface area contributed by atoms with Crippen molar-refractivity contribution in [2.45, 2.75) is 19.9 Å². The van der Waals surface area contributed by atoms with Gasteiger partial charge in [-0.2, -0.15) is 5.10 Å². The Morgan fingerprint density at radius 2 is 2.00 bits per heavy atom. The van der Waals surface area contributed by atoms with Crippen molar-refractivity contribution in [2.75, 3.05) is 19.1 Å². The van der Waals surface area contributed by atoms with Gasteiger partial charge >= 0.3 is 0 Å². The summed E-state index contributed by atoms with van der Waals surface area (Å²) in [6, 6.07) is 17.0. The quantitative estimate of drug-likeness (QED) is 0.293. The minimum atomic E-state index is -0.106. The minimum Gasteiger partial charge on any atom is -0.455 e. The molecule has 0 unspecified atom stereocenters. The van der Waals surface area contributed by atoms with Crippen molar-refractivity contribution in [3.63, 3.8) is 0 Å². The molecule has 0 spiro atoms. The number of hydrogen-bond donors (Lipinski definition) is 1. The molecule has 29 heavy (non-hydrogen) atoms. The fourth-order valence-electron chi connectivity index (χ4n) is 3.18. The van der Waals surface area contributed by atoms with Crippen LogP contribution in [0.25, 0.3) is 21.9 Å². The highest BCUT2D eigenvalue weighted by Crippen LogP contribution is 2.19. The Labute approximate surface area is 167 Å². The molecule has 0 saturated heterocycles. The third kappa shape index (κ3) is 3.90. The highest BCUT2D eigenvalue weighted by molar-refractivity contribution is 6.00. The van der Waals surface area contributed by atoms with Crippen LogP contribution in [0.4, 0.5) is 5.95 Å². The summed E-state index contributed by atoms with van der Waals surface area (Å²) in [6.07, 6.45) is 0.692. The van der Waals surface area contributed by atoms with Crippen LogP contribution >= 0.6 is 0 Å². The molecule has 2 aromatic heterocycles. The van der Waals surface area contributed by atoms with E-state index in [0.29, 0.717) is 47.9 Å². The first kappa shape index (κ1) is 18.9. The maximum absolute atomic E-state index is 13.0. The van der Waals surface area contributed by atoms with E-state index < -0.39 is 0 Å². The fraction of sp³-hybridized carbons (Fsp3) is 0.227. The summed E-state index contributed by atoms with van der Waals surface area (Å²) < 4.78 is 12.6. The Morgan fingerprint density at radius 1 is 1.21 bits per heavy atom. The van der Waals surface area contributed by atoms with Crippen LogP contribution in [0.15, 0.2) is 68.9 Å². The lowest BCUT2D eigenvalue weighted by Crippen LogP contribution is -2.25. The number of nitrogens with one attached hydrogen (secondary N) is 1. The predicted octanol–water partition coefficient (Wildman–Crippen LogP) is 4.02. The summed E-state index contributed by atoms with van der Waals surface area (Å²) in [5, 5.41) is 6.00. The molecule has 7 nitrogen and oxygen atoms in total. The smallest absolute Gasteiger partial charge is 0.262 e. The molecule has 7 heteroatoms. The van der Waals surface area contributed by atoms with E-state index in [1.54, 1.807) is 17.7 Å². The first-order chi connectivity index (χ1) is 14.2. The van der Waals surface area contributed by atoms with Crippen molar-refractivity contribution in [1.29, 1.82) is 0 Å². The van der Waals surface area contributed by atoms with Crippen LogP contribution < -0.4 is 11.0 Å². The van der Waals surface area contributed by atoms with Gasteiger partial charge < -0.3 is 9.15 Å². The van der Waals surface area contributed by atoms with E-state index in [0.717, 1.165) is 11.0 Å². The van der Waals surface area contributed by atoms with Gasteiger partial charge in [0.2, 0.25) is 5.95 Å². The molecule has 0 aliphatic rings. The SMILES string of the molecule is COCCCn1c(N/N=C(/C)c2cc3ccccc3o2)nc2ccccc2c1=O. The van der Waals surface area contributed by atoms with Crippen LogP contribution in [0.5, 0.6) is 0 Å². The van der Waals surface area contributed by atoms with Crippen LogP contribution in [0, 0.1) is 0 Å². The number of hydrogen-bond acceptors (Lipinski definition) is 6. The largest absolute Gasteiger partial charge is 0.455 e. The molecule has 0 saturated carbocycles. The summed E-state index contributed by atoms with van der Waals surface area (Å²) in [4.78, 5) is 17.5. The first-order valence-electron chi connectivity index (χ1n) is 9.45. The van der Waals surface area contributed by atoms with Crippen molar-refractivity contribution in [3.05, 3.63) is 70.7 Å². The molecule has 0 bridgehead atoms. The normalized spacial score (nSPS) is 12.0. The molecular weight excluding hydrogens is 368 g/mol. The predicted molar refractivity (Wildman–Crippen MR) is 115 cm³/mol. The highest BCUT2D eigenvalue weighted by Gasteiger charge is 2.11. The van der Waals surface area contributed by atoms with Crippen LogP contribution in [0.3, 0.4) is 0 Å². The lowest BCUT2D eigenvalue weighted by Gasteiger charge is -2.12. The van der Waals surface area contributed by atoms with Crippen molar-refractivity contribution in [3.8, 4) is 0 Å². The molecule has 0 aliphatic carbocycles. The van der Waals surface area contributed by atoms with Gasteiger partial charge in [-0.25, -0.2) is 10.4 Å². The van der Waals surface area contributed by atoms with Crippen molar-refractivity contribution < 1.29 is 9.15 Å². The summed E-state index contributed by atoms with van der Waals surface area (Å²) in [6.45, 7) is 2.88. The Hall–Kier alpha value is -3.45. The van der Waals surface area contributed by atoms with Gasteiger partial charge in [0, 0.05) is 25.6 Å². The molecule has 0 aliphatic heterocycles. The maximum atomic E-state index is 13.0. The second-order valence-electron chi connectivity index (χ2n) is 6.71. The van der Waals surface area contributed by atoms with Gasteiger partial charge in [0.15, 0.2) is 5.76 Å². The van der Waals surface area contributed by atoms with E-state index >= 15 is 0 Å². The topological polar surface area (TPSA) is 81.7 Å². The molecular formula is C22H22N4O3. The average Bonchev–Trinajstić information content (AvgIpc) is 3.18. The van der Waals surface area contributed by atoms with Crippen molar-refractivity contribution >= 4 is 33.5 Å².